The second-order valence-electron chi connectivity index (χ2n) is 5.52. The third-order valence-electron chi connectivity index (χ3n) is 4.01. The van der Waals surface area contributed by atoms with Crippen LogP contribution in [0.4, 0.5) is 5.69 Å². The third kappa shape index (κ3) is 2.65. The standard InChI is InChI=1S/C15H21N3O/c1-11-4-5-13-12(10-11)14(15(19)17-13)16-6-9-18-7-2-3-8-18/h4-5,10,14,16H,2-3,6-9H2,1H3,(H,17,19). The number of nitrogens with one attached hydrogen (secondary N) is 2. The van der Waals surface area contributed by atoms with Gasteiger partial charge in [-0.25, -0.2) is 0 Å². The predicted molar refractivity (Wildman–Crippen MR) is 76.2 cm³/mol. The van der Waals surface area contributed by atoms with Crippen molar-refractivity contribution in [2.75, 3.05) is 31.5 Å². The van der Waals surface area contributed by atoms with Gasteiger partial charge in [-0.15, -0.1) is 0 Å². The number of hydrogen-bond acceptors (Lipinski definition) is 3. The molecule has 2 aliphatic heterocycles. The summed E-state index contributed by atoms with van der Waals surface area (Å²) in [4.78, 5) is 14.4. The SMILES string of the molecule is Cc1ccc2c(c1)C(NCCN1CCCC1)C(=O)N2. The quantitative estimate of drug-likeness (QED) is 0.864. The normalized spacial score (nSPS) is 22.6. The first-order valence-corrected chi connectivity index (χ1v) is 7.11. The highest BCUT2D eigenvalue weighted by Crippen LogP contribution is 2.31. The molecule has 2 aliphatic rings. The Morgan fingerprint density at radius 1 is 1.37 bits per heavy atom. The fraction of sp³-hybridized carbons (Fsp3) is 0.533. The van der Waals surface area contributed by atoms with Crippen molar-refractivity contribution >= 4 is 11.6 Å². The van der Waals surface area contributed by atoms with Crippen LogP contribution in [0.1, 0.15) is 30.0 Å². The summed E-state index contributed by atoms with van der Waals surface area (Å²) in [5.41, 5.74) is 3.24. The minimum atomic E-state index is -0.183. The summed E-state index contributed by atoms with van der Waals surface area (Å²) in [7, 11) is 0. The molecular weight excluding hydrogens is 238 g/mol. The Morgan fingerprint density at radius 2 is 2.16 bits per heavy atom. The number of benzene rings is 1. The van der Waals surface area contributed by atoms with Crippen LogP contribution in [0.15, 0.2) is 18.2 Å². The van der Waals surface area contributed by atoms with E-state index in [1.54, 1.807) is 0 Å². The van der Waals surface area contributed by atoms with Crippen LogP contribution in [0.5, 0.6) is 0 Å². The number of rotatable bonds is 4. The number of nitrogens with zero attached hydrogens (tertiary/aromatic N) is 1. The number of likely N-dealkylation sites (tertiary alicyclic amines) is 1. The van der Waals surface area contributed by atoms with Crippen molar-refractivity contribution < 1.29 is 4.79 Å². The van der Waals surface area contributed by atoms with Crippen molar-refractivity contribution in [3.05, 3.63) is 29.3 Å². The van der Waals surface area contributed by atoms with Gasteiger partial charge in [0.1, 0.15) is 6.04 Å². The van der Waals surface area contributed by atoms with E-state index in [4.69, 9.17) is 0 Å². The van der Waals surface area contributed by atoms with Gasteiger partial charge in [-0.3, -0.25) is 4.79 Å². The summed E-state index contributed by atoms with van der Waals surface area (Å²) >= 11 is 0. The molecule has 4 nitrogen and oxygen atoms in total. The molecule has 19 heavy (non-hydrogen) atoms. The molecule has 0 radical (unpaired) electrons. The average molecular weight is 259 g/mol. The number of carbonyl (C=O) groups excluding carboxylic acids is 1. The summed E-state index contributed by atoms with van der Waals surface area (Å²) in [6, 6.07) is 5.94. The first-order chi connectivity index (χ1) is 9.24. The zero-order valence-corrected chi connectivity index (χ0v) is 11.4. The molecule has 2 N–H and O–H groups in total. The molecule has 1 saturated heterocycles. The maximum absolute atomic E-state index is 12.0. The fourth-order valence-electron chi connectivity index (χ4n) is 2.96. The van der Waals surface area contributed by atoms with Gasteiger partial charge in [0, 0.05) is 24.3 Å². The Balaban J connectivity index is 1.61. The lowest BCUT2D eigenvalue weighted by Gasteiger charge is -2.17. The van der Waals surface area contributed by atoms with Crippen LogP contribution in [0.3, 0.4) is 0 Å². The van der Waals surface area contributed by atoms with Crippen molar-refractivity contribution in [1.82, 2.24) is 10.2 Å². The fourth-order valence-corrected chi connectivity index (χ4v) is 2.96. The van der Waals surface area contributed by atoms with E-state index in [0.29, 0.717) is 0 Å². The number of aryl methyl sites for hydroxylation is 1. The van der Waals surface area contributed by atoms with E-state index in [-0.39, 0.29) is 11.9 Å². The van der Waals surface area contributed by atoms with E-state index in [0.717, 1.165) is 24.3 Å². The number of amides is 1. The highest BCUT2D eigenvalue weighted by molar-refractivity contribution is 6.02. The number of fused-ring (bicyclic) bond motifs is 1. The predicted octanol–water partition coefficient (Wildman–Crippen LogP) is 1.67. The van der Waals surface area contributed by atoms with Gasteiger partial charge < -0.3 is 15.5 Å². The Bertz CT molecular complexity index is 480. The number of carbonyl (C=O) groups is 1. The average Bonchev–Trinajstić information content (AvgIpc) is 2.99. The second kappa shape index (κ2) is 5.31. The van der Waals surface area contributed by atoms with Gasteiger partial charge in [0.2, 0.25) is 5.91 Å². The van der Waals surface area contributed by atoms with Crippen molar-refractivity contribution in [1.29, 1.82) is 0 Å². The molecule has 1 aromatic rings. The first-order valence-electron chi connectivity index (χ1n) is 7.11. The van der Waals surface area contributed by atoms with Crippen LogP contribution < -0.4 is 10.6 Å². The van der Waals surface area contributed by atoms with Gasteiger partial charge in [-0.2, -0.15) is 0 Å². The van der Waals surface area contributed by atoms with Crippen molar-refractivity contribution in [2.45, 2.75) is 25.8 Å². The molecule has 3 rings (SSSR count). The largest absolute Gasteiger partial charge is 0.324 e. The molecule has 1 atom stereocenters. The van der Waals surface area contributed by atoms with Crippen molar-refractivity contribution in [2.24, 2.45) is 0 Å². The Labute approximate surface area is 114 Å². The highest BCUT2D eigenvalue weighted by atomic mass is 16.2. The number of anilines is 1. The van der Waals surface area contributed by atoms with E-state index in [2.05, 4.69) is 28.5 Å². The summed E-state index contributed by atoms with van der Waals surface area (Å²) in [6.45, 7) is 6.36. The minimum absolute atomic E-state index is 0.0713. The molecule has 102 valence electrons. The van der Waals surface area contributed by atoms with Crippen LogP contribution >= 0.6 is 0 Å². The summed E-state index contributed by atoms with van der Waals surface area (Å²) in [5.74, 6) is 0.0713. The molecular formula is C15H21N3O. The van der Waals surface area contributed by atoms with E-state index in [1.165, 1.54) is 31.5 Å². The van der Waals surface area contributed by atoms with Gasteiger partial charge in [0.15, 0.2) is 0 Å². The minimum Gasteiger partial charge on any atom is -0.324 e. The van der Waals surface area contributed by atoms with Gasteiger partial charge in [-0.1, -0.05) is 17.7 Å². The van der Waals surface area contributed by atoms with Gasteiger partial charge in [0.05, 0.1) is 0 Å². The molecule has 1 amide bonds. The van der Waals surface area contributed by atoms with Crippen LogP contribution in [0.25, 0.3) is 0 Å². The lowest BCUT2D eigenvalue weighted by atomic mass is 10.1. The molecule has 0 bridgehead atoms. The smallest absolute Gasteiger partial charge is 0.246 e. The monoisotopic (exact) mass is 259 g/mol. The van der Waals surface area contributed by atoms with E-state index in [9.17, 15) is 4.79 Å². The molecule has 0 saturated carbocycles. The van der Waals surface area contributed by atoms with Crippen LogP contribution in [0, 0.1) is 6.92 Å². The first kappa shape index (κ1) is 12.6. The van der Waals surface area contributed by atoms with Crippen molar-refractivity contribution in [3.8, 4) is 0 Å². The molecule has 0 spiro atoms. The molecule has 1 fully saturated rings. The third-order valence-corrected chi connectivity index (χ3v) is 4.01. The lowest BCUT2D eigenvalue weighted by molar-refractivity contribution is -0.117. The van der Waals surface area contributed by atoms with Crippen LogP contribution in [-0.4, -0.2) is 37.0 Å². The zero-order valence-electron chi connectivity index (χ0n) is 11.4. The van der Waals surface area contributed by atoms with Crippen molar-refractivity contribution in [3.63, 3.8) is 0 Å². The molecule has 1 aromatic carbocycles. The summed E-state index contributed by atoms with van der Waals surface area (Å²) in [5, 5.41) is 6.33. The second-order valence-corrected chi connectivity index (χ2v) is 5.52. The Kier molecular flexibility index (Phi) is 3.53. The van der Waals surface area contributed by atoms with Crippen LogP contribution in [0.2, 0.25) is 0 Å². The van der Waals surface area contributed by atoms with E-state index in [1.807, 2.05) is 12.1 Å². The Morgan fingerprint density at radius 3 is 2.95 bits per heavy atom. The lowest BCUT2D eigenvalue weighted by Crippen LogP contribution is -2.34. The number of hydrogen-bond donors (Lipinski definition) is 2. The van der Waals surface area contributed by atoms with Gasteiger partial charge in [-0.05, 0) is 38.9 Å². The molecule has 0 aliphatic carbocycles. The zero-order chi connectivity index (χ0) is 13.2. The van der Waals surface area contributed by atoms with Crippen LogP contribution in [-0.2, 0) is 4.79 Å². The molecule has 4 heteroatoms. The van der Waals surface area contributed by atoms with Gasteiger partial charge in [0.25, 0.3) is 0 Å². The summed E-state index contributed by atoms with van der Waals surface area (Å²) in [6.07, 6.45) is 2.62. The van der Waals surface area contributed by atoms with E-state index >= 15 is 0 Å². The molecule has 1 unspecified atom stereocenters. The molecule has 2 heterocycles. The van der Waals surface area contributed by atoms with E-state index < -0.39 is 0 Å². The maximum atomic E-state index is 12.0. The maximum Gasteiger partial charge on any atom is 0.246 e. The summed E-state index contributed by atoms with van der Waals surface area (Å²) < 4.78 is 0. The Hall–Kier alpha value is -1.39. The topological polar surface area (TPSA) is 44.4 Å². The van der Waals surface area contributed by atoms with Gasteiger partial charge >= 0.3 is 0 Å². The highest BCUT2D eigenvalue weighted by Gasteiger charge is 2.29. The molecule has 0 aromatic heterocycles.